The van der Waals surface area contributed by atoms with Crippen LogP contribution in [0.3, 0.4) is 0 Å². The van der Waals surface area contributed by atoms with Gasteiger partial charge < -0.3 is 15.1 Å². The lowest BCUT2D eigenvalue weighted by molar-refractivity contribution is 0.213. The molecule has 0 aliphatic carbocycles. The molecule has 2 aromatic rings. The Bertz CT molecular complexity index is 659. The van der Waals surface area contributed by atoms with Gasteiger partial charge in [0.2, 0.25) is 0 Å². The predicted octanol–water partition coefficient (Wildman–Crippen LogP) is 3.19. The van der Waals surface area contributed by atoms with E-state index in [2.05, 4.69) is 44.1 Å². The van der Waals surface area contributed by atoms with Crippen molar-refractivity contribution in [2.24, 2.45) is 4.99 Å². The number of likely N-dealkylation sites (tertiary alicyclic amines) is 1. The van der Waals surface area contributed by atoms with E-state index < -0.39 is 0 Å². The number of hydrogen-bond donors (Lipinski definition) is 2. The zero-order chi connectivity index (χ0) is 17.5. The molecule has 1 aliphatic rings. The minimum absolute atomic E-state index is 0.257. The number of rotatable bonds is 7. The van der Waals surface area contributed by atoms with Crippen LogP contribution in [-0.2, 0) is 6.42 Å². The Morgan fingerprint density at radius 1 is 1.28 bits per heavy atom. The molecule has 136 valence electrons. The first-order valence-electron chi connectivity index (χ1n) is 9.03. The Morgan fingerprint density at radius 3 is 2.76 bits per heavy atom. The van der Waals surface area contributed by atoms with Gasteiger partial charge in [-0.15, -0.1) is 11.3 Å². The van der Waals surface area contributed by atoms with Gasteiger partial charge in [0.05, 0.1) is 6.04 Å². The Kier molecular flexibility index (Phi) is 6.53. The van der Waals surface area contributed by atoms with Gasteiger partial charge in [0.1, 0.15) is 11.5 Å². The van der Waals surface area contributed by atoms with E-state index >= 15 is 0 Å². The van der Waals surface area contributed by atoms with Crippen LogP contribution >= 0.6 is 11.3 Å². The van der Waals surface area contributed by atoms with Crippen molar-refractivity contribution in [1.82, 2.24) is 15.5 Å². The largest absolute Gasteiger partial charge is 0.465 e. The van der Waals surface area contributed by atoms with Crippen molar-refractivity contribution < 1.29 is 4.42 Å². The number of guanidine groups is 1. The molecule has 1 fully saturated rings. The molecule has 2 N–H and O–H groups in total. The second kappa shape index (κ2) is 9.06. The highest BCUT2D eigenvalue weighted by Gasteiger charge is 2.26. The summed E-state index contributed by atoms with van der Waals surface area (Å²) < 4.78 is 5.91. The maximum Gasteiger partial charge on any atom is 0.191 e. The molecule has 0 amide bonds. The van der Waals surface area contributed by atoms with Crippen molar-refractivity contribution in [3.8, 4) is 0 Å². The minimum atomic E-state index is 0.257. The average molecular weight is 361 g/mol. The van der Waals surface area contributed by atoms with Crippen LogP contribution in [0, 0.1) is 6.92 Å². The van der Waals surface area contributed by atoms with Crippen molar-refractivity contribution in [1.29, 1.82) is 0 Å². The SMILES string of the molecule is CN=C(NCCc1cccs1)NCC(c1ccc(C)o1)N1CCCC1. The van der Waals surface area contributed by atoms with Crippen LogP contribution < -0.4 is 10.6 Å². The van der Waals surface area contributed by atoms with Crippen LogP contribution in [0.5, 0.6) is 0 Å². The molecule has 1 aliphatic heterocycles. The van der Waals surface area contributed by atoms with Gasteiger partial charge in [-0.05, 0) is 62.9 Å². The molecule has 5 nitrogen and oxygen atoms in total. The molecular formula is C19H28N4OS. The second-order valence-electron chi connectivity index (χ2n) is 6.42. The summed E-state index contributed by atoms with van der Waals surface area (Å²) in [6, 6.07) is 8.68. The van der Waals surface area contributed by atoms with Gasteiger partial charge in [0.25, 0.3) is 0 Å². The molecule has 1 saturated heterocycles. The first-order chi connectivity index (χ1) is 12.3. The van der Waals surface area contributed by atoms with E-state index in [0.717, 1.165) is 50.1 Å². The van der Waals surface area contributed by atoms with Crippen LogP contribution in [-0.4, -0.2) is 44.1 Å². The lowest BCUT2D eigenvalue weighted by Gasteiger charge is -2.26. The Hall–Kier alpha value is -1.79. The Morgan fingerprint density at radius 2 is 2.12 bits per heavy atom. The molecule has 3 heterocycles. The van der Waals surface area contributed by atoms with Gasteiger partial charge in [0.15, 0.2) is 5.96 Å². The fourth-order valence-electron chi connectivity index (χ4n) is 3.27. The zero-order valence-electron chi connectivity index (χ0n) is 15.1. The summed E-state index contributed by atoms with van der Waals surface area (Å²) >= 11 is 1.80. The van der Waals surface area contributed by atoms with Gasteiger partial charge in [-0.3, -0.25) is 9.89 Å². The normalized spacial score (nSPS) is 17.0. The smallest absolute Gasteiger partial charge is 0.191 e. The zero-order valence-corrected chi connectivity index (χ0v) is 15.9. The number of nitrogens with zero attached hydrogens (tertiary/aromatic N) is 2. The lowest BCUT2D eigenvalue weighted by atomic mass is 10.2. The highest BCUT2D eigenvalue weighted by molar-refractivity contribution is 7.09. The van der Waals surface area contributed by atoms with Gasteiger partial charge >= 0.3 is 0 Å². The molecule has 6 heteroatoms. The van der Waals surface area contributed by atoms with Crippen LogP contribution in [0.25, 0.3) is 0 Å². The summed E-state index contributed by atoms with van der Waals surface area (Å²) in [5.74, 6) is 2.86. The minimum Gasteiger partial charge on any atom is -0.465 e. The third-order valence-corrected chi connectivity index (χ3v) is 5.54. The molecule has 0 saturated carbocycles. The van der Waals surface area contributed by atoms with Crippen LogP contribution in [0.2, 0.25) is 0 Å². The molecule has 25 heavy (non-hydrogen) atoms. The van der Waals surface area contributed by atoms with Crippen LogP contribution in [0.15, 0.2) is 39.1 Å². The summed E-state index contributed by atoms with van der Waals surface area (Å²) in [5.41, 5.74) is 0. The predicted molar refractivity (Wildman–Crippen MR) is 104 cm³/mol. The highest BCUT2D eigenvalue weighted by Crippen LogP contribution is 2.26. The van der Waals surface area contributed by atoms with E-state index in [1.807, 2.05) is 20.0 Å². The van der Waals surface area contributed by atoms with Crippen molar-refractivity contribution in [3.63, 3.8) is 0 Å². The Labute approximate surface area is 154 Å². The second-order valence-corrected chi connectivity index (χ2v) is 7.45. The number of nitrogens with one attached hydrogen (secondary N) is 2. The Balaban J connectivity index is 1.53. The molecule has 3 rings (SSSR count). The van der Waals surface area contributed by atoms with Gasteiger partial charge in [0, 0.05) is 25.0 Å². The summed E-state index contributed by atoms with van der Waals surface area (Å²) in [5, 5.41) is 9.00. The van der Waals surface area contributed by atoms with Crippen molar-refractivity contribution in [3.05, 3.63) is 46.0 Å². The van der Waals surface area contributed by atoms with E-state index in [4.69, 9.17) is 4.42 Å². The van der Waals surface area contributed by atoms with Crippen LogP contribution in [0.1, 0.15) is 35.3 Å². The third kappa shape index (κ3) is 5.09. The number of hydrogen-bond acceptors (Lipinski definition) is 4. The first kappa shape index (κ1) is 18.0. The molecule has 1 atom stereocenters. The van der Waals surface area contributed by atoms with E-state index in [9.17, 15) is 0 Å². The first-order valence-corrected chi connectivity index (χ1v) is 9.91. The van der Waals surface area contributed by atoms with Gasteiger partial charge in [-0.1, -0.05) is 6.07 Å². The van der Waals surface area contributed by atoms with E-state index in [1.54, 1.807) is 11.3 Å². The standard InChI is InChI=1S/C19H28N4OS/c1-15-7-8-18(24-15)17(23-11-3-4-12-23)14-22-19(20-2)21-10-9-16-6-5-13-25-16/h5-8,13,17H,3-4,9-12,14H2,1-2H3,(H2,20,21,22). The number of aliphatic imine (C=N–C) groups is 1. The summed E-state index contributed by atoms with van der Waals surface area (Å²) in [6.45, 7) is 5.95. The topological polar surface area (TPSA) is 52.8 Å². The quantitative estimate of drug-likeness (QED) is 0.588. The summed E-state index contributed by atoms with van der Waals surface area (Å²) in [7, 11) is 1.82. The molecule has 0 bridgehead atoms. The number of aryl methyl sites for hydroxylation is 1. The fraction of sp³-hybridized carbons (Fsp3) is 0.526. The average Bonchev–Trinajstić information content (AvgIpc) is 3.36. The number of furan rings is 1. The molecule has 1 unspecified atom stereocenters. The van der Waals surface area contributed by atoms with E-state index in [0.29, 0.717) is 0 Å². The number of thiophene rings is 1. The highest BCUT2D eigenvalue weighted by atomic mass is 32.1. The fourth-order valence-corrected chi connectivity index (χ4v) is 3.98. The summed E-state index contributed by atoms with van der Waals surface area (Å²) in [6.07, 6.45) is 3.55. The van der Waals surface area contributed by atoms with Gasteiger partial charge in [-0.2, -0.15) is 0 Å². The maximum absolute atomic E-state index is 5.91. The van der Waals surface area contributed by atoms with E-state index in [-0.39, 0.29) is 6.04 Å². The molecular weight excluding hydrogens is 332 g/mol. The molecule has 2 aromatic heterocycles. The monoisotopic (exact) mass is 360 g/mol. The summed E-state index contributed by atoms with van der Waals surface area (Å²) in [4.78, 5) is 8.25. The molecule has 0 spiro atoms. The van der Waals surface area contributed by atoms with E-state index in [1.165, 1.54) is 17.7 Å². The van der Waals surface area contributed by atoms with Crippen LogP contribution in [0.4, 0.5) is 0 Å². The van der Waals surface area contributed by atoms with Crippen molar-refractivity contribution in [2.75, 3.05) is 33.2 Å². The van der Waals surface area contributed by atoms with Crippen molar-refractivity contribution >= 4 is 17.3 Å². The molecule has 0 aromatic carbocycles. The van der Waals surface area contributed by atoms with Gasteiger partial charge in [-0.25, -0.2) is 0 Å². The molecule has 0 radical (unpaired) electrons. The third-order valence-electron chi connectivity index (χ3n) is 4.60. The maximum atomic E-state index is 5.91. The van der Waals surface area contributed by atoms with Crippen molar-refractivity contribution in [2.45, 2.75) is 32.2 Å². The lowest BCUT2D eigenvalue weighted by Crippen LogP contribution is -2.43.